The predicted octanol–water partition coefficient (Wildman–Crippen LogP) is 2.76. The maximum atomic E-state index is 6.12. The van der Waals surface area contributed by atoms with Crippen LogP contribution in [0.5, 0.6) is 0 Å². The number of rotatable bonds is 5. The molecule has 112 valence electrons. The zero-order chi connectivity index (χ0) is 14.5. The van der Waals surface area contributed by atoms with Crippen molar-refractivity contribution in [3.05, 3.63) is 28.8 Å². The van der Waals surface area contributed by atoms with Gasteiger partial charge in [-0.05, 0) is 31.8 Å². The maximum Gasteiger partial charge on any atom is 0.0494 e. The Labute approximate surface area is 132 Å². The van der Waals surface area contributed by atoms with Gasteiger partial charge in [-0.25, -0.2) is 0 Å². The molecule has 0 amide bonds. The number of anilines is 1. The van der Waals surface area contributed by atoms with Crippen molar-refractivity contribution in [2.75, 3.05) is 58.3 Å². The molecule has 1 aliphatic rings. The lowest BCUT2D eigenvalue weighted by molar-refractivity contribution is 0.229. The second-order valence-corrected chi connectivity index (χ2v) is 6.24. The van der Waals surface area contributed by atoms with Crippen LogP contribution >= 0.6 is 23.2 Å². The van der Waals surface area contributed by atoms with E-state index in [0.29, 0.717) is 5.88 Å². The molecule has 1 heterocycles. The minimum absolute atomic E-state index is 0.535. The molecule has 0 aliphatic carbocycles. The van der Waals surface area contributed by atoms with Crippen LogP contribution < -0.4 is 4.90 Å². The Morgan fingerprint density at radius 1 is 1.15 bits per heavy atom. The van der Waals surface area contributed by atoms with E-state index in [1.807, 2.05) is 18.2 Å². The summed E-state index contributed by atoms with van der Waals surface area (Å²) in [6.45, 7) is 6.53. The summed E-state index contributed by atoms with van der Waals surface area (Å²) in [6, 6.07) is 5.98. The number of alkyl halides is 1. The van der Waals surface area contributed by atoms with E-state index in [1.165, 1.54) is 5.69 Å². The van der Waals surface area contributed by atoms with Crippen molar-refractivity contribution in [3.63, 3.8) is 0 Å². The Balaban J connectivity index is 1.95. The second-order valence-electron chi connectivity index (χ2n) is 5.54. The van der Waals surface area contributed by atoms with Gasteiger partial charge in [0.25, 0.3) is 0 Å². The van der Waals surface area contributed by atoms with Crippen molar-refractivity contribution in [1.82, 2.24) is 9.80 Å². The predicted molar refractivity (Wildman–Crippen MR) is 88.2 cm³/mol. The Hall–Kier alpha value is -0.480. The molecule has 0 aromatic heterocycles. The van der Waals surface area contributed by atoms with E-state index in [2.05, 4.69) is 28.8 Å². The van der Waals surface area contributed by atoms with Gasteiger partial charge in [0.15, 0.2) is 0 Å². The SMILES string of the molecule is CN(C)CCN1CCN(c2cc(Cl)ccc2CCl)CC1. The molecule has 0 unspecified atom stereocenters. The normalized spacial score (nSPS) is 16.9. The standard InChI is InChI=1S/C15H23Cl2N3/c1-18(2)5-6-19-7-9-20(10-8-19)15-11-14(17)4-3-13(15)12-16/h3-4,11H,5-10,12H2,1-2H3. The zero-order valence-corrected chi connectivity index (χ0v) is 13.8. The quantitative estimate of drug-likeness (QED) is 0.774. The van der Waals surface area contributed by atoms with Crippen molar-refractivity contribution in [2.45, 2.75) is 5.88 Å². The van der Waals surface area contributed by atoms with E-state index in [9.17, 15) is 0 Å². The summed E-state index contributed by atoms with van der Waals surface area (Å²) in [5, 5.41) is 0.781. The van der Waals surface area contributed by atoms with Crippen LogP contribution in [-0.2, 0) is 5.88 Å². The van der Waals surface area contributed by atoms with Crippen molar-refractivity contribution >= 4 is 28.9 Å². The first-order chi connectivity index (χ1) is 9.60. The monoisotopic (exact) mass is 315 g/mol. The Morgan fingerprint density at radius 2 is 1.85 bits per heavy atom. The second kappa shape index (κ2) is 7.51. The third-order valence-corrected chi connectivity index (χ3v) is 4.29. The number of piperazine rings is 1. The van der Waals surface area contributed by atoms with Crippen molar-refractivity contribution in [2.24, 2.45) is 0 Å². The fraction of sp³-hybridized carbons (Fsp3) is 0.600. The molecule has 0 atom stereocenters. The molecule has 0 N–H and O–H groups in total. The van der Waals surface area contributed by atoms with Crippen LogP contribution in [0.1, 0.15) is 5.56 Å². The Morgan fingerprint density at radius 3 is 2.45 bits per heavy atom. The maximum absolute atomic E-state index is 6.12. The van der Waals surface area contributed by atoms with E-state index in [1.54, 1.807) is 0 Å². The fourth-order valence-corrected chi connectivity index (χ4v) is 2.89. The molecule has 0 spiro atoms. The molecule has 1 fully saturated rings. The topological polar surface area (TPSA) is 9.72 Å². The molecule has 0 saturated carbocycles. The summed E-state index contributed by atoms with van der Waals surface area (Å²) < 4.78 is 0. The molecule has 0 radical (unpaired) electrons. The molecular weight excluding hydrogens is 293 g/mol. The largest absolute Gasteiger partial charge is 0.369 e. The third kappa shape index (κ3) is 4.26. The smallest absolute Gasteiger partial charge is 0.0494 e. The number of hydrogen-bond donors (Lipinski definition) is 0. The Kier molecular flexibility index (Phi) is 5.97. The lowest BCUT2D eigenvalue weighted by atomic mass is 10.1. The van der Waals surface area contributed by atoms with Gasteiger partial charge in [0.1, 0.15) is 0 Å². The fourth-order valence-electron chi connectivity index (χ4n) is 2.50. The van der Waals surface area contributed by atoms with Gasteiger partial charge in [0.05, 0.1) is 0 Å². The molecular formula is C15H23Cl2N3. The van der Waals surface area contributed by atoms with Crippen LogP contribution in [0.4, 0.5) is 5.69 Å². The summed E-state index contributed by atoms with van der Waals surface area (Å²) in [7, 11) is 4.24. The summed E-state index contributed by atoms with van der Waals surface area (Å²) in [4.78, 5) is 7.14. The van der Waals surface area contributed by atoms with E-state index in [4.69, 9.17) is 23.2 Å². The lowest BCUT2D eigenvalue weighted by Gasteiger charge is -2.37. The van der Waals surface area contributed by atoms with Crippen molar-refractivity contribution in [3.8, 4) is 0 Å². The number of halogens is 2. The highest BCUT2D eigenvalue weighted by atomic mass is 35.5. The lowest BCUT2D eigenvalue weighted by Crippen LogP contribution is -2.48. The number of nitrogens with zero attached hydrogens (tertiary/aromatic N) is 3. The van der Waals surface area contributed by atoms with Gasteiger partial charge >= 0.3 is 0 Å². The van der Waals surface area contributed by atoms with E-state index in [-0.39, 0.29) is 0 Å². The van der Waals surface area contributed by atoms with Gasteiger partial charge in [-0.3, -0.25) is 4.90 Å². The molecule has 1 saturated heterocycles. The highest BCUT2D eigenvalue weighted by molar-refractivity contribution is 6.31. The summed E-state index contributed by atoms with van der Waals surface area (Å²) in [5.74, 6) is 0.535. The van der Waals surface area contributed by atoms with Gasteiger partial charge in [0.2, 0.25) is 0 Å². The van der Waals surface area contributed by atoms with Crippen molar-refractivity contribution in [1.29, 1.82) is 0 Å². The Bertz CT molecular complexity index is 429. The van der Waals surface area contributed by atoms with Crippen LogP contribution in [0.3, 0.4) is 0 Å². The molecule has 20 heavy (non-hydrogen) atoms. The zero-order valence-electron chi connectivity index (χ0n) is 12.3. The average molecular weight is 316 g/mol. The first kappa shape index (κ1) is 15.9. The van der Waals surface area contributed by atoms with E-state index >= 15 is 0 Å². The van der Waals surface area contributed by atoms with Crippen LogP contribution in [0.15, 0.2) is 18.2 Å². The van der Waals surface area contributed by atoms with Gasteiger partial charge < -0.3 is 9.80 Å². The van der Waals surface area contributed by atoms with Crippen LogP contribution in [-0.4, -0.2) is 63.2 Å². The summed E-state index contributed by atoms with van der Waals surface area (Å²) >= 11 is 12.2. The number of likely N-dealkylation sites (N-methyl/N-ethyl adjacent to an activating group) is 1. The number of benzene rings is 1. The average Bonchev–Trinajstić information content (AvgIpc) is 2.45. The van der Waals surface area contributed by atoms with Gasteiger partial charge in [-0.15, -0.1) is 11.6 Å². The van der Waals surface area contributed by atoms with Crippen LogP contribution in [0.25, 0.3) is 0 Å². The number of hydrogen-bond acceptors (Lipinski definition) is 3. The first-order valence-electron chi connectivity index (χ1n) is 7.06. The van der Waals surface area contributed by atoms with E-state index in [0.717, 1.165) is 49.9 Å². The summed E-state index contributed by atoms with van der Waals surface area (Å²) in [6.07, 6.45) is 0. The molecule has 0 bridgehead atoms. The molecule has 5 heteroatoms. The minimum atomic E-state index is 0.535. The molecule has 1 aromatic rings. The van der Waals surface area contributed by atoms with E-state index < -0.39 is 0 Å². The van der Waals surface area contributed by atoms with Crippen LogP contribution in [0, 0.1) is 0 Å². The van der Waals surface area contributed by atoms with Gasteiger partial charge in [-0.1, -0.05) is 17.7 Å². The third-order valence-electron chi connectivity index (χ3n) is 3.77. The molecule has 1 aromatic carbocycles. The van der Waals surface area contributed by atoms with Gasteiger partial charge in [0, 0.05) is 55.9 Å². The summed E-state index contributed by atoms with van der Waals surface area (Å²) in [5.41, 5.74) is 2.36. The van der Waals surface area contributed by atoms with Crippen molar-refractivity contribution < 1.29 is 0 Å². The highest BCUT2D eigenvalue weighted by Crippen LogP contribution is 2.27. The highest BCUT2D eigenvalue weighted by Gasteiger charge is 2.19. The molecule has 3 nitrogen and oxygen atoms in total. The first-order valence-corrected chi connectivity index (χ1v) is 7.98. The molecule has 2 rings (SSSR count). The van der Waals surface area contributed by atoms with Gasteiger partial charge in [-0.2, -0.15) is 0 Å². The van der Waals surface area contributed by atoms with Crippen LogP contribution in [0.2, 0.25) is 5.02 Å². The molecule has 1 aliphatic heterocycles. The minimum Gasteiger partial charge on any atom is -0.369 e.